The van der Waals surface area contributed by atoms with Crippen LogP contribution < -0.4 is 0 Å². The normalized spacial score (nSPS) is 9.73. The van der Waals surface area contributed by atoms with Crippen LogP contribution in [0, 0.1) is 0 Å². The van der Waals surface area contributed by atoms with Crippen LogP contribution >= 0.6 is 0 Å². The quantitative estimate of drug-likeness (QED) is 0.804. The molecule has 0 aliphatic carbocycles. The molecule has 0 radical (unpaired) electrons. The zero-order chi connectivity index (χ0) is 11.4. The largest absolute Gasteiger partial charge is 0.481 e. The molecular formula is C11H13NO3. The number of nitrogens with zero attached hydrogens (tertiary/aromatic N) is 1. The van der Waals surface area contributed by atoms with E-state index in [-0.39, 0.29) is 12.3 Å². The molecule has 1 N–H and O–H groups in total. The molecule has 0 aliphatic heterocycles. The summed E-state index contributed by atoms with van der Waals surface area (Å²) in [6.45, 7) is 0. The van der Waals surface area contributed by atoms with Crippen molar-refractivity contribution in [2.75, 3.05) is 14.1 Å². The predicted octanol–water partition coefficient (Wildman–Crippen LogP) is 1.02. The van der Waals surface area contributed by atoms with E-state index in [0.717, 1.165) is 0 Å². The average molecular weight is 207 g/mol. The van der Waals surface area contributed by atoms with Crippen molar-refractivity contribution >= 4 is 11.9 Å². The summed E-state index contributed by atoms with van der Waals surface area (Å²) in [5.74, 6) is -0.960. The lowest BCUT2D eigenvalue weighted by Crippen LogP contribution is -2.21. The Morgan fingerprint density at radius 2 is 1.73 bits per heavy atom. The highest BCUT2D eigenvalue weighted by atomic mass is 16.4. The first-order chi connectivity index (χ1) is 7.00. The Bertz CT molecular complexity index is 368. The molecule has 1 amide bonds. The van der Waals surface area contributed by atoms with E-state index in [2.05, 4.69) is 0 Å². The van der Waals surface area contributed by atoms with Crippen molar-refractivity contribution in [2.24, 2.45) is 0 Å². The molecule has 4 nitrogen and oxygen atoms in total. The van der Waals surface area contributed by atoms with Crippen LogP contribution in [0.2, 0.25) is 0 Å². The van der Waals surface area contributed by atoms with Gasteiger partial charge in [0.15, 0.2) is 0 Å². The van der Waals surface area contributed by atoms with Crippen LogP contribution in [0.1, 0.15) is 15.9 Å². The summed E-state index contributed by atoms with van der Waals surface area (Å²) < 4.78 is 0. The molecule has 0 spiro atoms. The standard InChI is InChI=1S/C11H13NO3/c1-12(2)11(15)9-5-3-8(4-6-9)7-10(13)14/h3-6H,7H2,1-2H3,(H,13,14). The first-order valence-electron chi connectivity index (χ1n) is 4.53. The van der Waals surface area contributed by atoms with Crippen molar-refractivity contribution < 1.29 is 14.7 Å². The monoisotopic (exact) mass is 207 g/mol. The summed E-state index contributed by atoms with van der Waals surface area (Å²) in [4.78, 5) is 23.4. The first-order valence-corrected chi connectivity index (χ1v) is 4.53. The van der Waals surface area contributed by atoms with Gasteiger partial charge in [-0.2, -0.15) is 0 Å². The Kier molecular flexibility index (Phi) is 3.44. The van der Waals surface area contributed by atoms with Crippen LogP contribution in [0.3, 0.4) is 0 Å². The molecule has 15 heavy (non-hydrogen) atoms. The minimum atomic E-state index is -0.873. The molecule has 0 aromatic heterocycles. The van der Waals surface area contributed by atoms with E-state index < -0.39 is 5.97 Å². The average Bonchev–Trinajstić information content (AvgIpc) is 2.17. The van der Waals surface area contributed by atoms with Crippen LogP contribution in [-0.2, 0) is 11.2 Å². The van der Waals surface area contributed by atoms with Gasteiger partial charge in [-0.25, -0.2) is 0 Å². The Labute approximate surface area is 88.1 Å². The third kappa shape index (κ3) is 3.09. The van der Waals surface area contributed by atoms with E-state index in [9.17, 15) is 9.59 Å². The van der Waals surface area contributed by atoms with Crippen molar-refractivity contribution in [3.63, 3.8) is 0 Å². The van der Waals surface area contributed by atoms with E-state index in [0.29, 0.717) is 11.1 Å². The lowest BCUT2D eigenvalue weighted by atomic mass is 10.1. The number of carbonyl (C=O) groups is 2. The van der Waals surface area contributed by atoms with Crippen LogP contribution in [0.4, 0.5) is 0 Å². The highest BCUT2D eigenvalue weighted by molar-refractivity contribution is 5.93. The Morgan fingerprint density at radius 3 is 2.13 bits per heavy atom. The maximum Gasteiger partial charge on any atom is 0.307 e. The van der Waals surface area contributed by atoms with Crippen LogP contribution in [0.5, 0.6) is 0 Å². The van der Waals surface area contributed by atoms with Crippen molar-refractivity contribution in [3.8, 4) is 0 Å². The second kappa shape index (κ2) is 4.59. The Morgan fingerprint density at radius 1 is 1.20 bits per heavy atom. The zero-order valence-electron chi connectivity index (χ0n) is 8.73. The molecule has 0 heterocycles. The third-order valence-corrected chi connectivity index (χ3v) is 1.96. The molecule has 0 aliphatic rings. The number of benzene rings is 1. The number of carbonyl (C=O) groups excluding carboxylic acids is 1. The minimum absolute atomic E-state index is 0.0174. The van der Waals surface area contributed by atoms with Gasteiger partial charge in [-0.1, -0.05) is 12.1 Å². The van der Waals surface area contributed by atoms with Gasteiger partial charge in [0.2, 0.25) is 0 Å². The molecule has 80 valence electrons. The summed E-state index contributed by atoms with van der Waals surface area (Å²) in [7, 11) is 3.35. The maximum absolute atomic E-state index is 11.5. The lowest BCUT2D eigenvalue weighted by Gasteiger charge is -2.10. The number of hydrogen-bond donors (Lipinski definition) is 1. The highest BCUT2D eigenvalue weighted by Crippen LogP contribution is 2.06. The van der Waals surface area contributed by atoms with E-state index in [1.165, 1.54) is 4.90 Å². The van der Waals surface area contributed by atoms with Gasteiger partial charge in [-0.15, -0.1) is 0 Å². The molecule has 1 rings (SSSR count). The number of carboxylic acids is 1. The third-order valence-electron chi connectivity index (χ3n) is 1.96. The van der Waals surface area contributed by atoms with Gasteiger partial charge in [0.1, 0.15) is 0 Å². The summed E-state index contributed by atoms with van der Waals surface area (Å²) in [6, 6.07) is 6.59. The highest BCUT2D eigenvalue weighted by Gasteiger charge is 2.07. The molecule has 1 aromatic rings. The van der Waals surface area contributed by atoms with Gasteiger partial charge >= 0.3 is 5.97 Å². The zero-order valence-corrected chi connectivity index (χ0v) is 8.73. The minimum Gasteiger partial charge on any atom is -0.481 e. The predicted molar refractivity (Wildman–Crippen MR) is 55.8 cm³/mol. The van der Waals surface area contributed by atoms with Gasteiger partial charge in [0.25, 0.3) is 5.91 Å². The molecule has 0 fully saturated rings. The van der Waals surface area contributed by atoms with Crippen LogP contribution in [0.25, 0.3) is 0 Å². The summed E-state index contributed by atoms with van der Waals surface area (Å²) >= 11 is 0. The molecule has 0 unspecified atom stereocenters. The molecule has 0 saturated heterocycles. The Hall–Kier alpha value is -1.84. The Balaban J connectivity index is 2.81. The van der Waals surface area contributed by atoms with E-state index >= 15 is 0 Å². The topological polar surface area (TPSA) is 57.6 Å². The second-order valence-corrected chi connectivity index (χ2v) is 3.47. The molecule has 1 aromatic carbocycles. The molecule has 0 bridgehead atoms. The maximum atomic E-state index is 11.5. The van der Waals surface area contributed by atoms with Gasteiger partial charge in [0.05, 0.1) is 6.42 Å². The number of amides is 1. The van der Waals surface area contributed by atoms with Crippen molar-refractivity contribution in [2.45, 2.75) is 6.42 Å². The molecule has 0 saturated carbocycles. The molecular weight excluding hydrogens is 194 g/mol. The number of carboxylic acid groups (broad SMARTS) is 1. The van der Waals surface area contributed by atoms with E-state index in [1.807, 2.05) is 0 Å². The fourth-order valence-electron chi connectivity index (χ4n) is 1.20. The van der Waals surface area contributed by atoms with Crippen molar-refractivity contribution in [1.82, 2.24) is 4.90 Å². The fourth-order valence-corrected chi connectivity index (χ4v) is 1.20. The van der Waals surface area contributed by atoms with Gasteiger partial charge in [0, 0.05) is 19.7 Å². The number of rotatable bonds is 3. The lowest BCUT2D eigenvalue weighted by molar-refractivity contribution is -0.136. The second-order valence-electron chi connectivity index (χ2n) is 3.47. The van der Waals surface area contributed by atoms with Gasteiger partial charge in [-0.05, 0) is 17.7 Å². The summed E-state index contributed by atoms with van der Waals surface area (Å²) in [5.41, 5.74) is 1.26. The smallest absolute Gasteiger partial charge is 0.307 e. The first kappa shape index (κ1) is 11.2. The van der Waals surface area contributed by atoms with Crippen molar-refractivity contribution in [3.05, 3.63) is 35.4 Å². The van der Waals surface area contributed by atoms with E-state index in [4.69, 9.17) is 5.11 Å². The number of aliphatic carboxylic acids is 1. The van der Waals surface area contributed by atoms with Crippen molar-refractivity contribution in [1.29, 1.82) is 0 Å². The van der Waals surface area contributed by atoms with Gasteiger partial charge < -0.3 is 10.0 Å². The molecule has 0 atom stereocenters. The molecule has 4 heteroatoms. The van der Waals surface area contributed by atoms with E-state index in [1.54, 1.807) is 38.4 Å². The van der Waals surface area contributed by atoms with Crippen LogP contribution in [-0.4, -0.2) is 36.0 Å². The fraction of sp³-hybridized carbons (Fsp3) is 0.273. The summed E-state index contributed by atoms with van der Waals surface area (Å²) in [5, 5.41) is 8.56. The number of hydrogen-bond acceptors (Lipinski definition) is 2. The van der Waals surface area contributed by atoms with Gasteiger partial charge in [-0.3, -0.25) is 9.59 Å². The SMILES string of the molecule is CN(C)C(=O)c1ccc(CC(=O)O)cc1. The van der Waals surface area contributed by atoms with Crippen LogP contribution in [0.15, 0.2) is 24.3 Å². The summed E-state index contributed by atoms with van der Waals surface area (Å²) in [6.07, 6.45) is -0.0174.